The molecule has 0 spiro atoms. The van der Waals surface area contributed by atoms with E-state index in [9.17, 15) is 9.59 Å². The number of amides is 1. The van der Waals surface area contributed by atoms with Crippen LogP contribution >= 0.6 is 23.4 Å². The van der Waals surface area contributed by atoms with Crippen molar-refractivity contribution < 1.29 is 9.53 Å². The average Bonchev–Trinajstić information content (AvgIpc) is 2.48. The maximum atomic E-state index is 11.9. The number of nitrogens with one attached hydrogen (secondary N) is 1. The minimum absolute atomic E-state index is 0.0191. The number of halogens is 1. The highest BCUT2D eigenvalue weighted by Crippen LogP contribution is 2.15. The number of thioether (sulfide) groups is 1. The van der Waals surface area contributed by atoms with Crippen LogP contribution < -0.4 is 15.6 Å². The van der Waals surface area contributed by atoms with Crippen LogP contribution in [0.1, 0.15) is 5.69 Å². The molecule has 2 aromatic rings. The zero-order valence-electron chi connectivity index (χ0n) is 12.0. The first-order valence-electron chi connectivity index (χ1n) is 6.33. The molecule has 0 saturated heterocycles. The van der Waals surface area contributed by atoms with Crippen molar-refractivity contribution in [2.75, 3.05) is 6.26 Å². The van der Waals surface area contributed by atoms with Gasteiger partial charge in [-0.3, -0.25) is 9.36 Å². The Balaban J connectivity index is 2.02. The largest absolute Gasteiger partial charge is 0.414 e. The maximum absolute atomic E-state index is 11.9. The highest BCUT2D eigenvalue weighted by Gasteiger charge is 2.09. The van der Waals surface area contributed by atoms with Crippen LogP contribution in [0.2, 0.25) is 5.02 Å². The molecule has 1 N–H and O–H groups in total. The molecule has 0 fully saturated rings. The van der Waals surface area contributed by atoms with E-state index in [0.717, 1.165) is 0 Å². The number of benzene rings is 1. The minimum Gasteiger partial charge on any atom is -0.410 e. The molecule has 1 aromatic carbocycles. The van der Waals surface area contributed by atoms with Gasteiger partial charge in [0.25, 0.3) is 5.56 Å². The molecule has 22 heavy (non-hydrogen) atoms. The Bertz CT molecular complexity index is 731. The Kier molecular flexibility index (Phi) is 5.46. The summed E-state index contributed by atoms with van der Waals surface area (Å²) < 4.78 is 6.44. The molecule has 116 valence electrons. The van der Waals surface area contributed by atoms with Gasteiger partial charge in [0, 0.05) is 16.8 Å². The van der Waals surface area contributed by atoms with E-state index in [1.807, 2.05) is 6.26 Å². The van der Waals surface area contributed by atoms with Crippen LogP contribution in [0.4, 0.5) is 4.79 Å². The molecule has 6 nitrogen and oxygen atoms in total. The molecule has 2 rings (SSSR count). The van der Waals surface area contributed by atoms with Crippen molar-refractivity contribution in [2.45, 2.75) is 18.7 Å². The lowest BCUT2D eigenvalue weighted by atomic mass is 10.3. The predicted octanol–water partition coefficient (Wildman–Crippen LogP) is 2.67. The Morgan fingerprint density at radius 1 is 1.41 bits per heavy atom. The number of rotatable bonds is 4. The molecule has 8 heteroatoms. The number of ether oxygens (including phenoxy) is 1. The molecular formula is C14H14ClN3O3S. The van der Waals surface area contributed by atoms with E-state index < -0.39 is 6.09 Å². The lowest BCUT2D eigenvalue weighted by Gasteiger charge is -2.12. The normalized spacial score (nSPS) is 10.3. The molecular weight excluding hydrogens is 326 g/mol. The summed E-state index contributed by atoms with van der Waals surface area (Å²) in [6.07, 6.45) is 1.14. The topological polar surface area (TPSA) is 73.2 Å². The van der Waals surface area contributed by atoms with Gasteiger partial charge in [-0.25, -0.2) is 9.78 Å². The maximum Gasteiger partial charge on any atom is 0.414 e. The van der Waals surface area contributed by atoms with Crippen molar-refractivity contribution in [2.24, 2.45) is 0 Å². The molecule has 0 unspecified atom stereocenters. The lowest BCUT2D eigenvalue weighted by Crippen LogP contribution is -2.35. The van der Waals surface area contributed by atoms with Crippen LogP contribution in [0.5, 0.6) is 5.75 Å². The highest BCUT2D eigenvalue weighted by molar-refractivity contribution is 7.98. The Morgan fingerprint density at radius 3 is 2.73 bits per heavy atom. The standard InChI is InChI=1S/C14H14ClN3O3S/c1-9-7-12(19)18(13(17-9)22-2)8-16-14(20)21-11-5-3-10(15)4-6-11/h3-7H,8H2,1-2H3,(H,16,20). The summed E-state index contributed by atoms with van der Waals surface area (Å²) in [6, 6.07) is 7.80. The van der Waals surface area contributed by atoms with Crippen molar-refractivity contribution in [3.8, 4) is 5.75 Å². The van der Waals surface area contributed by atoms with Gasteiger partial charge in [0.2, 0.25) is 0 Å². The smallest absolute Gasteiger partial charge is 0.410 e. The fraction of sp³-hybridized carbons (Fsp3) is 0.214. The summed E-state index contributed by atoms with van der Waals surface area (Å²) in [7, 11) is 0. The van der Waals surface area contributed by atoms with Crippen molar-refractivity contribution in [3.05, 3.63) is 51.4 Å². The number of carbonyl (C=O) groups is 1. The van der Waals surface area contributed by atoms with Gasteiger partial charge < -0.3 is 10.1 Å². The van der Waals surface area contributed by atoms with Crippen LogP contribution in [0, 0.1) is 6.92 Å². The summed E-state index contributed by atoms with van der Waals surface area (Å²) in [4.78, 5) is 27.9. The first-order valence-corrected chi connectivity index (χ1v) is 7.93. The first kappa shape index (κ1) is 16.4. The summed E-state index contributed by atoms with van der Waals surface area (Å²) in [6.45, 7) is 1.72. The first-order chi connectivity index (χ1) is 10.5. The van der Waals surface area contributed by atoms with Gasteiger partial charge in [-0.15, -0.1) is 0 Å². The zero-order valence-corrected chi connectivity index (χ0v) is 13.6. The number of carbonyl (C=O) groups excluding carboxylic acids is 1. The van der Waals surface area contributed by atoms with Crippen LogP contribution in [0.25, 0.3) is 0 Å². The Hall–Kier alpha value is -1.99. The van der Waals surface area contributed by atoms with Crippen LogP contribution in [-0.2, 0) is 6.67 Å². The van der Waals surface area contributed by atoms with E-state index in [-0.39, 0.29) is 12.2 Å². The van der Waals surface area contributed by atoms with Crippen molar-refractivity contribution in [3.63, 3.8) is 0 Å². The summed E-state index contributed by atoms with van der Waals surface area (Å²) in [5.41, 5.74) is 0.401. The van der Waals surface area contributed by atoms with E-state index in [2.05, 4.69) is 10.3 Å². The van der Waals surface area contributed by atoms with Gasteiger partial charge in [-0.05, 0) is 37.4 Å². The van der Waals surface area contributed by atoms with Crippen molar-refractivity contribution in [1.29, 1.82) is 0 Å². The van der Waals surface area contributed by atoms with E-state index in [4.69, 9.17) is 16.3 Å². The predicted molar refractivity (Wildman–Crippen MR) is 85.6 cm³/mol. The van der Waals surface area contributed by atoms with Gasteiger partial charge >= 0.3 is 6.09 Å². The van der Waals surface area contributed by atoms with Crippen molar-refractivity contribution >= 4 is 29.5 Å². The van der Waals surface area contributed by atoms with E-state index >= 15 is 0 Å². The second-order valence-corrected chi connectivity index (χ2v) is 5.54. The third-order valence-electron chi connectivity index (χ3n) is 2.69. The third-order valence-corrected chi connectivity index (χ3v) is 3.62. The fourth-order valence-electron chi connectivity index (χ4n) is 1.69. The number of hydrogen-bond acceptors (Lipinski definition) is 5. The van der Waals surface area contributed by atoms with Gasteiger partial charge in [0.05, 0.1) is 0 Å². The molecule has 0 aliphatic carbocycles. The molecule has 0 saturated carbocycles. The molecule has 0 aliphatic rings. The minimum atomic E-state index is -0.665. The number of nitrogens with zero attached hydrogens (tertiary/aromatic N) is 2. The monoisotopic (exact) mass is 339 g/mol. The number of aromatic nitrogens is 2. The summed E-state index contributed by atoms with van der Waals surface area (Å²) in [5.74, 6) is 0.362. The third kappa shape index (κ3) is 4.25. The molecule has 0 aliphatic heterocycles. The fourth-order valence-corrected chi connectivity index (χ4v) is 2.42. The Morgan fingerprint density at radius 2 is 2.09 bits per heavy atom. The number of hydrogen-bond donors (Lipinski definition) is 1. The lowest BCUT2D eigenvalue weighted by molar-refractivity contribution is 0.196. The molecule has 0 radical (unpaired) electrons. The quantitative estimate of drug-likeness (QED) is 0.684. The van der Waals surface area contributed by atoms with Gasteiger partial charge in [-0.2, -0.15) is 0 Å². The zero-order chi connectivity index (χ0) is 16.1. The Labute approximate surface area is 136 Å². The van der Waals surface area contributed by atoms with Gasteiger partial charge in [-0.1, -0.05) is 23.4 Å². The van der Waals surface area contributed by atoms with E-state index in [1.165, 1.54) is 22.4 Å². The molecule has 1 aromatic heterocycles. The second kappa shape index (κ2) is 7.33. The van der Waals surface area contributed by atoms with Gasteiger partial charge in [0.1, 0.15) is 12.4 Å². The summed E-state index contributed by atoms with van der Waals surface area (Å²) >= 11 is 7.08. The van der Waals surface area contributed by atoms with Gasteiger partial charge in [0.15, 0.2) is 5.16 Å². The van der Waals surface area contributed by atoms with Crippen LogP contribution in [-0.4, -0.2) is 21.9 Å². The molecule has 0 bridgehead atoms. The van der Waals surface area contributed by atoms with Crippen molar-refractivity contribution in [1.82, 2.24) is 14.9 Å². The van der Waals surface area contributed by atoms with Crippen LogP contribution in [0.3, 0.4) is 0 Å². The molecule has 0 atom stereocenters. The van der Waals surface area contributed by atoms with E-state index in [1.54, 1.807) is 31.2 Å². The molecule has 1 heterocycles. The average molecular weight is 340 g/mol. The number of aryl methyl sites for hydroxylation is 1. The second-order valence-electron chi connectivity index (χ2n) is 4.33. The van der Waals surface area contributed by atoms with Crippen LogP contribution in [0.15, 0.2) is 40.3 Å². The highest BCUT2D eigenvalue weighted by atomic mass is 35.5. The SMILES string of the molecule is CSc1nc(C)cc(=O)n1CNC(=O)Oc1ccc(Cl)cc1. The summed E-state index contributed by atoms with van der Waals surface area (Å²) in [5, 5.41) is 3.59. The molecule has 1 amide bonds. The van der Waals surface area contributed by atoms with E-state index in [0.29, 0.717) is 21.6 Å².